The molecule has 0 bridgehead atoms. The maximum Gasteiger partial charge on any atom is 0.358 e. The Morgan fingerprint density at radius 2 is 2.33 bits per heavy atom. The molecule has 1 aromatic carbocycles. The average molecular weight is 247 g/mol. The predicted octanol–water partition coefficient (Wildman–Crippen LogP) is 1.22. The van der Waals surface area contributed by atoms with Crippen LogP contribution in [0.5, 0.6) is 5.75 Å². The summed E-state index contributed by atoms with van der Waals surface area (Å²) in [7, 11) is 1.59. The van der Waals surface area contributed by atoms with E-state index in [4.69, 9.17) is 15.6 Å². The number of aromatic carboxylic acids is 1. The minimum atomic E-state index is -1.13. The van der Waals surface area contributed by atoms with Crippen LogP contribution in [0.3, 0.4) is 0 Å². The SMILES string of the molecule is COc1cccc(Cn2cc(N)c(C(=O)O)n2)c1. The first kappa shape index (κ1) is 12.0. The third-order valence-electron chi connectivity index (χ3n) is 2.47. The Kier molecular flexibility index (Phi) is 3.18. The van der Waals surface area contributed by atoms with Crippen molar-refractivity contribution in [2.75, 3.05) is 12.8 Å². The van der Waals surface area contributed by atoms with Crippen molar-refractivity contribution < 1.29 is 14.6 Å². The number of aromatic nitrogens is 2. The fraction of sp³-hybridized carbons (Fsp3) is 0.167. The van der Waals surface area contributed by atoms with Crippen LogP contribution in [-0.4, -0.2) is 28.0 Å². The Labute approximate surface area is 104 Å². The highest BCUT2D eigenvalue weighted by atomic mass is 16.5. The van der Waals surface area contributed by atoms with Gasteiger partial charge in [0.15, 0.2) is 5.69 Å². The van der Waals surface area contributed by atoms with E-state index in [0.717, 1.165) is 11.3 Å². The van der Waals surface area contributed by atoms with Crippen molar-refractivity contribution in [2.24, 2.45) is 0 Å². The van der Waals surface area contributed by atoms with Crippen LogP contribution < -0.4 is 10.5 Å². The van der Waals surface area contributed by atoms with E-state index in [2.05, 4.69) is 5.10 Å². The number of methoxy groups -OCH3 is 1. The van der Waals surface area contributed by atoms with Crippen molar-refractivity contribution in [2.45, 2.75) is 6.54 Å². The molecule has 3 N–H and O–H groups in total. The molecule has 6 heteroatoms. The maximum atomic E-state index is 10.8. The van der Waals surface area contributed by atoms with Gasteiger partial charge in [0.1, 0.15) is 5.75 Å². The van der Waals surface area contributed by atoms with Crippen LogP contribution in [0, 0.1) is 0 Å². The Hall–Kier alpha value is -2.50. The molecular weight excluding hydrogens is 234 g/mol. The molecular formula is C12H13N3O3. The third kappa shape index (κ3) is 2.42. The van der Waals surface area contributed by atoms with Crippen molar-refractivity contribution >= 4 is 11.7 Å². The lowest BCUT2D eigenvalue weighted by Crippen LogP contribution is -2.04. The zero-order valence-electron chi connectivity index (χ0n) is 9.83. The van der Waals surface area contributed by atoms with E-state index in [1.54, 1.807) is 7.11 Å². The van der Waals surface area contributed by atoms with Crippen LogP contribution in [0.15, 0.2) is 30.5 Å². The minimum Gasteiger partial charge on any atom is -0.497 e. The number of carbonyl (C=O) groups is 1. The number of carboxylic acids is 1. The van der Waals surface area contributed by atoms with Gasteiger partial charge in [-0.2, -0.15) is 5.10 Å². The molecule has 0 fully saturated rings. The molecule has 0 spiro atoms. The lowest BCUT2D eigenvalue weighted by atomic mass is 10.2. The van der Waals surface area contributed by atoms with E-state index in [9.17, 15) is 4.79 Å². The maximum absolute atomic E-state index is 10.8. The molecule has 0 saturated carbocycles. The second kappa shape index (κ2) is 4.79. The normalized spacial score (nSPS) is 10.3. The quantitative estimate of drug-likeness (QED) is 0.847. The summed E-state index contributed by atoms with van der Waals surface area (Å²) >= 11 is 0. The molecule has 0 aliphatic carbocycles. The van der Waals surface area contributed by atoms with Crippen molar-refractivity contribution in [3.63, 3.8) is 0 Å². The smallest absolute Gasteiger partial charge is 0.358 e. The number of nitrogens with zero attached hydrogens (tertiary/aromatic N) is 2. The average Bonchev–Trinajstić information content (AvgIpc) is 2.70. The molecule has 0 atom stereocenters. The van der Waals surface area contributed by atoms with Crippen molar-refractivity contribution in [1.29, 1.82) is 0 Å². The van der Waals surface area contributed by atoms with Gasteiger partial charge in [-0.3, -0.25) is 4.68 Å². The van der Waals surface area contributed by atoms with E-state index in [-0.39, 0.29) is 11.4 Å². The van der Waals surface area contributed by atoms with Crippen LogP contribution in [0.25, 0.3) is 0 Å². The molecule has 0 saturated heterocycles. The predicted molar refractivity (Wildman–Crippen MR) is 65.7 cm³/mol. The number of ether oxygens (including phenoxy) is 1. The molecule has 94 valence electrons. The second-order valence-corrected chi connectivity index (χ2v) is 3.79. The van der Waals surface area contributed by atoms with Gasteiger partial charge >= 0.3 is 5.97 Å². The molecule has 0 aliphatic heterocycles. The molecule has 1 aromatic heterocycles. The number of rotatable bonds is 4. The highest BCUT2D eigenvalue weighted by molar-refractivity contribution is 5.91. The van der Waals surface area contributed by atoms with Crippen LogP contribution >= 0.6 is 0 Å². The zero-order chi connectivity index (χ0) is 13.1. The van der Waals surface area contributed by atoms with Crippen LogP contribution in [0.1, 0.15) is 16.1 Å². The fourth-order valence-corrected chi connectivity index (χ4v) is 1.64. The number of nitrogens with two attached hydrogens (primary N) is 1. The topological polar surface area (TPSA) is 90.4 Å². The molecule has 0 unspecified atom stereocenters. The molecule has 18 heavy (non-hydrogen) atoms. The third-order valence-corrected chi connectivity index (χ3v) is 2.47. The van der Waals surface area contributed by atoms with Crippen molar-refractivity contribution in [1.82, 2.24) is 9.78 Å². The van der Waals surface area contributed by atoms with Gasteiger partial charge in [-0.1, -0.05) is 12.1 Å². The Morgan fingerprint density at radius 3 is 2.94 bits per heavy atom. The lowest BCUT2D eigenvalue weighted by molar-refractivity contribution is 0.0690. The summed E-state index contributed by atoms with van der Waals surface area (Å²) in [6.45, 7) is 0.439. The Morgan fingerprint density at radius 1 is 1.56 bits per heavy atom. The first-order valence-electron chi connectivity index (χ1n) is 5.29. The van der Waals surface area contributed by atoms with Crippen LogP contribution in [-0.2, 0) is 6.54 Å². The molecule has 2 aromatic rings. The number of hydrogen-bond acceptors (Lipinski definition) is 4. The monoisotopic (exact) mass is 247 g/mol. The van der Waals surface area contributed by atoms with E-state index in [1.807, 2.05) is 24.3 Å². The van der Waals surface area contributed by atoms with E-state index < -0.39 is 5.97 Å². The molecule has 2 rings (SSSR count). The summed E-state index contributed by atoms with van der Waals surface area (Å²) in [6, 6.07) is 7.46. The summed E-state index contributed by atoms with van der Waals surface area (Å²) < 4.78 is 6.60. The molecule has 0 amide bonds. The number of hydrogen-bond donors (Lipinski definition) is 2. The first-order chi connectivity index (χ1) is 8.60. The molecule has 6 nitrogen and oxygen atoms in total. The van der Waals surface area contributed by atoms with Crippen molar-refractivity contribution in [3.05, 3.63) is 41.7 Å². The summed E-state index contributed by atoms with van der Waals surface area (Å²) in [5, 5.41) is 12.8. The Balaban J connectivity index is 2.23. The number of benzene rings is 1. The first-order valence-corrected chi connectivity index (χ1v) is 5.29. The van der Waals surface area contributed by atoms with E-state index in [1.165, 1.54) is 10.9 Å². The number of nitrogen functional groups attached to an aromatic ring is 1. The highest BCUT2D eigenvalue weighted by Gasteiger charge is 2.13. The van der Waals surface area contributed by atoms with Gasteiger partial charge in [0.2, 0.25) is 0 Å². The van der Waals surface area contributed by atoms with Crippen molar-refractivity contribution in [3.8, 4) is 5.75 Å². The van der Waals surface area contributed by atoms with Crippen LogP contribution in [0.4, 0.5) is 5.69 Å². The highest BCUT2D eigenvalue weighted by Crippen LogP contribution is 2.15. The van der Waals surface area contributed by atoms with Gasteiger partial charge in [0.05, 0.1) is 19.3 Å². The van der Waals surface area contributed by atoms with Gasteiger partial charge in [-0.15, -0.1) is 0 Å². The molecule has 0 radical (unpaired) electrons. The summed E-state index contributed by atoms with van der Waals surface area (Å²) in [5.74, 6) is -0.386. The van der Waals surface area contributed by atoms with E-state index >= 15 is 0 Å². The second-order valence-electron chi connectivity index (χ2n) is 3.79. The Bertz CT molecular complexity index is 578. The van der Waals surface area contributed by atoms with Gasteiger partial charge in [0.25, 0.3) is 0 Å². The van der Waals surface area contributed by atoms with Gasteiger partial charge in [-0.25, -0.2) is 4.79 Å². The number of carboxylic acid groups (broad SMARTS) is 1. The summed E-state index contributed by atoms with van der Waals surface area (Å²) in [6.07, 6.45) is 1.50. The summed E-state index contributed by atoms with van der Waals surface area (Å²) in [5.41, 5.74) is 6.55. The zero-order valence-corrected chi connectivity index (χ0v) is 9.83. The van der Waals surface area contributed by atoms with Gasteiger partial charge < -0.3 is 15.6 Å². The minimum absolute atomic E-state index is 0.127. The number of anilines is 1. The van der Waals surface area contributed by atoms with E-state index in [0.29, 0.717) is 6.54 Å². The standard InChI is InChI=1S/C12H13N3O3/c1-18-9-4-2-3-8(5-9)6-15-7-10(13)11(14-15)12(16)17/h2-5,7H,6,13H2,1H3,(H,16,17). The van der Waals surface area contributed by atoms with Gasteiger partial charge in [0, 0.05) is 6.20 Å². The fourth-order valence-electron chi connectivity index (χ4n) is 1.64. The summed E-state index contributed by atoms with van der Waals surface area (Å²) in [4.78, 5) is 10.8. The van der Waals surface area contributed by atoms with Crippen LogP contribution in [0.2, 0.25) is 0 Å². The lowest BCUT2D eigenvalue weighted by Gasteiger charge is -2.04. The molecule has 1 heterocycles. The van der Waals surface area contributed by atoms with Gasteiger partial charge in [-0.05, 0) is 17.7 Å². The largest absolute Gasteiger partial charge is 0.497 e. The molecule has 0 aliphatic rings.